The normalized spacial score (nSPS) is 11.7. The van der Waals surface area contributed by atoms with Gasteiger partial charge < -0.3 is 15.4 Å². The molecule has 0 spiro atoms. The van der Waals surface area contributed by atoms with Crippen molar-refractivity contribution in [1.29, 1.82) is 0 Å². The summed E-state index contributed by atoms with van der Waals surface area (Å²) in [6.07, 6.45) is -10.0. The van der Waals surface area contributed by atoms with Crippen LogP contribution in [0.25, 0.3) is 11.3 Å². The predicted molar refractivity (Wildman–Crippen MR) is 108 cm³/mol. The van der Waals surface area contributed by atoms with Crippen LogP contribution in [0.2, 0.25) is 0 Å². The number of benzene rings is 2. The number of hydrogen-bond donors (Lipinski definition) is 2. The van der Waals surface area contributed by atoms with Crippen molar-refractivity contribution in [3.63, 3.8) is 0 Å². The van der Waals surface area contributed by atoms with Gasteiger partial charge in [-0.25, -0.2) is 4.79 Å². The third-order valence-electron chi connectivity index (χ3n) is 4.22. The molecular formula is C21H16F6N4O2. The summed E-state index contributed by atoms with van der Waals surface area (Å²) in [6.45, 7) is 2.24. The first-order valence-corrected chi connectivity index (χ1v) is 9.40. The van der Waals surface area contributed by atoms with E-state index in [1.54, 1.807) is 31.2 Å². The maximum absolute atomic E-state index is 12.9. The number of urea groups is 1. The number of rotatable bonds is 5. The first kappa shape index (κ1) is 23.8. The Hall–Kier alpha value is -3.83. The fourth-order valence-corrected chi connectivity index (χ4v) is 2.74. The van der Waals surface area contributed by atoms with Crippen molar-refractivity contribution in [2.24, 2.45) is 0 Å². The van der Waals surface area contributed by atoms with Gasteiger partial charge in [0.25, 0.3) is 0 Å². The van der Waals surface area contributed by atoms with Crippen LogP contribution >= 0.6 is 0 Å². The highest BCUT2D eigenvalue weighted by molar-refractivity contribution is 6.00. The smallest absolute Gasteiger partial charge is 0.416 e. The van der Waals surface area contributed by atoms with Crippen LogP contribution in [0.4, 0.5) is 42.5 Å². The molecule has 0 aliphatic rings. The molecule has 0 radical (unpaired) electrons. The third-order valence-corrected chi connectivity index (χ3v) is 4.22. The molecule has 0 bridgehead atoms. The molecule has 1 aromatic heterocycles. The Morgan fingerprint density at radius 3 is 1.88 bits per heavy atom. The van der Waals surface area contributed by atoms with E-state index < -0.39 is 35.2 Å². The summed E-state index contributed by atoms with van der Waals surface area (Å²) < 4.78 is 82.9. The van der Waals surface area contributed by atoms with Crippen LogP contribution in [0.5, 0.6) is 5.88 Å². The van der Waals surface area contributed by atoms with Gasteiger partial charge in [-0.15, -0.1) is 10.2 Å². The van der Waals surface area contributed by atoms with Crippen LogP contribution in [0.15, 0.2) is 54.6 Å². The van der Waals surface area contributed by atoms with Crippen LogP contribution in [-0.2, 0) is 12.4 Å². The predicted octanol–water partition coefficient (Wildman–Crippen LogP) is 6.22. The van der Waals surface area contributed by atoms with Gasteiger partial charge in [0.05, 0.1) is 23.4 Å². The fourth-order valence-electron chi connectivity index (χ4n) is 2.74. The van der Waals surface area contributed by atoms with Gasteiger partial charge in [-0.05, 0) is 43.3 Å². The maximum Gasteiger partial charge on any atom is 0.416 e. The average Bonchev–Trinajstić information content (AvgIpc) is 2.73. The third kappa shape index (κ3) is 6.34. The second kappa shape index (κ2) is 9.35. The van der Waals surface area contributed by atoms with Gasteiger partial charge in [0.15, 0.2) is 0 Å². The molecule has 12 heteroatoms. The monoisotopic (exact) mass is 470 g/mol. The molecule has 0 saturated heterocycles. The van der Waals surface area contributed by atoms with Crippen LogP contribution in [0.3, 0.4) is 0 Å². The molecule has 2 amide bonds. The lowest BCUT2D eigenvalue weighted by atomic mass is 10.1. The van der Waals surface area contributed by atoms with Crippen molar-refractivity contribution in [2.45, 2.75) is 19.3 Å². The molecule has 0 saturated carbocycles. The molecule has 3 aromatic rings. The lowest BCUT2D eigenvalue weighted by Crippen LogP contribution is -2.20. The summed E-state index contributed by atoms with van der Waals surface area (Å²) in [5.41, 5.74) is -2.29. The average molecular weight is 470 g/mol. The van der Waals surface area contributed by atoms with Crippen molar-refractivity contribution in [3.05, 3.63) is 65.7 Å². The topological polar surface area (TPSA) is 76.1 Å². The minimum absolute atomic E-state index is 0.0222. The number of alkyl halides is 6. The summed E-state index contributed by atoms with van der Waals surface area (Å²) in [7, 11) is 0. The van der Waals surface area contributed by atoms with Gasteiger partial charge in [0.1, 0.15) is 0 Å². The standard InChI is InChI=1S/C21H16F6N4O2/c1-2-33-18-8-7-17(30-31-18)12-3-5-15(6-4-12)28-19(32)29-16-10-13(20(22,23)24)9-14(11-16)21(25,26)27/h3-11H,2H2,1H3,(H2,28,29,32). The molecule has 174 valence electrons. The number of ether oxygens (including phenoxy) is 1. The van der Waals surface area contributed by atoms with Crippen molar-refractivity contribution in [1.82, 2.24) is 10.2 Å². The first-order chi connectivity index (χ1) is 15.5. The zero-order chi connectivity index (χ0) is 24.2. The number of nitrogens with zero attached hydrogens (tertiary/aromatic N) is 2. The first-order valence-electron chi connectivity index (χ1n) is 9.40. The van der Waals surface area contributed by atoms with Crippen molar-refractivity contribution in [3.8, 4) is 17.1 Å². The Bertz CT molecular complexity index is 1080. The van der Waals surface area contributed by atoms with E-state index in [0.29, 0.717) is 35.9 Å². The van der Waals surface area contributed by atoms with Crippen molar-refractivity contribution < 1.29 is 35.9 Å². The van der Waals surface area contributed by atoms with Gasteiger partial charge in [-0.3, -0.25) is 0 Å². The van der Waals surface area contributed by atoms with Crippen LogP contribution < -0.4 is 15.4 Å². The number of hydrogen-bond acceptors (Lipinski definition) is 4. The second-order valence-electron chi connectivity index (χ2n) is 6.64. The maximum atomic E-state index is 12.9. The number of carbonyl (C=O) groups excluding carboxylic acids is 1. The SMILES string of the molecule is CCOc1ccc(-c2ccc(NC(=O)Nc3cc(C(F)(F)F)cc(C(F)(F)F)c3)cc2)nn1. The molecule has 33 heavy (non-hydrogen) atoms. The summed E-state index contributed by atoms with van der Waals surface area (Å²) in [4.78, 5) is 12.1. The van der Waals surface area contributed by atoms with Gasteiger partial charge in [0.2, 0.25) is 5.88 Å². The van der Waals surface area contributed by atoms with E-state index >= 15 is 0 Å². The molecule has 0 atom stereocenters. The Kier molecular flexibility index (Phi) is 6.75. The summed E-state index contributed by atoms with van der Waals surface area (Å²) in [5, 5.41) is 12.2. The quantitative estimate of drug-likeness (QED) is 0.434. The van der Waals surface area contributed by atoms with Crippen LogP contribution in [-0.4, -0.2) is 22.8 Å². The lowest BCUT2D eigenvalue weighted by molar-refractivity contribution is -0.143. The minimum atomic E-state index is -5.02. The van der Waals surface area contributed by atoms with E-state index in [4.69, 9.17) is 4.74 Å². The highest BCUT2D eigenvalue weighted by Gasteiger charge is 2.37. The molecule has 0 unspecified atom stereocenters. The zero-order valence-electron chi connectivity index (χ0n) is 16.9. The number of halogens is 6. The van der Waals surface area contributed by atoms with Crippen molar-refractivity contribution >= 4 is 17.4 Å². The Labute approximate surface area is 183 Å². The van der Waals surface area contributed by atoms with Crippen molar-refractivity contribution in [2.75, 3.05) is 17.2 Å². The summed E-state index contributed by atoms with van der Waals surface area (Å²) in [6, 6.07) is 9.29. The fraction of sp³-hybridized carbons (Fsp3) is 0.190. The number of anilines is 2. The van der Waals surface area contributed by atoms with E-state index in [0.717, 1.165) is 0 Å². The van der Waals surface area contributed by atoms with Gasteiger partial charge >= 0.3 is 18.4 Å². The number of aromatic nitrogens is 2. The number of amides is 2. The number of carbonyl (C=O) groups is 1. The van der Waals surface area contributed by atoms with E-state index in [1.165, 1.54) is 12.1 Å². The highest BCUT2D eigenvalue weighted by Crippen LogP contribution is 2.37. The van der Waals surface area contributed by atoms with Gasteiger partial charge in [0, 0.05) is 23.0 Å². The van der Waals surface area contributed by atoms with Crippen LogP contribution in [0, 0.1) is 0 Å². The van der Waals surface area contributed by atoms with Gasteiger partial charge in [-0.1, -0.05) is 12.1 Å². The van der Waals surface area contributed by atoms with E-state index in [-0.39, 0.29) is 11.8 Å². The number of nitrogens with one attached hydrogen (secondary N) is 2. The van der Waals surface area contributed by atoms with Gasteiger partial charge in [-0.2, -0.15) is 26.3 Å². The van der Waals surface area contributed by atoms with Crippen LogP contribution in [0.1, 0.15) is 18.1 Å². The van der Waals surface area contributed by atoms with E-state index in [2.05, 4.69) is 15.5 Å². The molecule has 0 fully saturated rings. The molecule has 3 rings (SSSR count). The Morgan fingerprint density at radius 1 is 0.818 bits per heavy atom. The molecule has 0 aliphatic carbocycles. The molecule has 6 nitrogen and oxygen atoms in total. The summed E-state index contributed by atoms with van der Waals surface area (Å²) >= 11 is 0. The molecule has 1 heterocycles. The second-order valence-corrected chi connectivity index (χ2v) is 6.64. The highest BCUT2D eigenvalue weighted by atomic mass is 19.4. The molecule has 2 N–H and O–H groups in total. The molecule has 2 aromatic carbocycles. The zero-order valence-corrected chi connectivity index (χ0v) is 16.9. The van der Waals surface area contributed by atoms with E-state index in [1.807, 2.05) is 5.32 Å². The minimum Gasteiger partial charge on any atom is -0.477 e. The van der Waals surface area contributed by atoms with E-state index in [9.17, 15) is 31.1 Å². The molecular weight excluding hydrogens is 454 g/mol. The Balaban J connectivity index is 1.72. The molecule has 0 aliphatic heterocycles. The Morgan fingerprint density at radius 2 is 1.39 bits per heavy atom. The largest absolute Gasteiger partial charge is 0.477 e. The summed E-state index contributed by atoms with van der Waals surface area (Å²) in [5.74, 6) is 0.361. The lowest BCUT2D eigenvalue weighted by Gasteiger charge is -2.15.